The fourth-order valence-corrected chi connectivity index (χ4v) is 3.32. The lowest BCUT2D eigenvalue weighted by atomic mass is 10.1. The van der Waals surface area contributed by atoms with E-state index < -0.39 is 0 Å². The molecule has 0 radical (unpaired) electrons. The monoisotopic (exact) mass is 416 g/mol. The molecule has 2 aromatic carbocycles. The predicted molar refractivity (Wildman–Crippen MR) is 120 cm³/mol. The lowest BCUT2D eigenvalue weighted by Crippen LogP contribution is -2.03. The van der Waals surface area contributed by atoms with Crippen LogP contribution in [-0.4, -0.2) is 35.4 Å². The van der Waals surface area contributed by atoms with Crippen LogP contribution in [-0.2, 0) is 0 Å². The van der Waals surface area contributed by atoms with E-state index >= 15 is 0 Å². The summed E-state index contributed by atoms with van der Waals surface area (Å²) in [7, 11) is 1.57. The second-order valence-corrected chi connectivity index (χ2v) is 7.11. The maximum Gasteiger partial charge on any atom is 0.163 e. The molecule has 0 saturated heterocycles. The number of ether oxygens (including phenoxy) is 3. The van der Waals surface area contributed by atoms with Gasteiger partial charge in [-0.25, -0.2) is 4.98 Å². The molecule has 2 aromatic heterocycles. The highest BCUT2D eigenvalue weighted by atomic mass is 16.5. The van der Waals surface area contributed by atoms with Gasteiger partial charge in [-0.2, -0.15) is 0 Å². The number of nitrogens with zero attached hydrogens (tertiary/aromatic N) is 2. The summed E-state index contributed by atoms with van der Waals surface area (Å²) in [5.74, 6) is 2.37. The summed E-state index contributed by atoms with van der Waals surface area (Å²) in [5, 5.41) is 9.85. The van der Waals surface area contributed by atoms with E-state index in [-0.39, 0.29) is 13.2 Å². The van der Waals surface area contributed by atoms with Gasteiger partial charge in [0.15, 0.2) is 17.2 Å². The van der Waals surface area contributed by atoms with Crippen molar-refractivity contribution in [3.05, 3.63) is 72.1 Å². The first kappa shape index (κ1) is 20.6. The number of aryl methyl sites for hydroxylation is 2. The van der Waals surface area contributed by atoms with E-state index in [0.29, 0.717) is 28.5 Å². The van der Waals surface area contributed by atoms with Crippen molar-refractivity contribution in [3.63, 3.8) is 0 Å². The molecule has 0 aliphatic carbocycles. The number of aliphatic hydroxyl groups is 1. The number of hydrogen-bond acceptors (Lipinski definition) is 6. The highest BCUT2D eigenvalue weighted by Crippen LogP contribution is 2.39. The Balaban J connectivity index is 1.81. The molecule has 0 fully saturated rings. The fourth-order valence-electron chi connectivity index (χ4n) is 3.32. The van der Waals surface area contributed by atoms with Gasteiger partial charge in [-0.05, 0) is 37.6 Å². The van der Waals surface area contributed by atoms with Crippen LogP contribution in [0.15, 0.2) is 60.8 Å². The second kappa shape index (κ2) is 9.02. The van der Waals surface area contributed by atoms with Gasteiger partial charge >= 0.3 is 0 Å². The highest BCUT2D eigenvalue weighted by Gasteiger charge is 2.16. The fraction of sp³-hybridized carbons (Fsp3) is 0.200. The van der Waals surface area contributed by atoms with E-state index in [9.17, 15) is 0 Å². The van der Waals surface area contributed by atoms with Gasteiger partial charge < -0.3 is 19.3 Å². The smallest absolute Gasteiger partial charge is 0.163 e. The Kier molecular flexibility index (Phi) is 6.00. The Morgan fingerprint density at radius 1 is 0.903 bits per heavy atom. The average molecular weight is 416 g/mol. The van der Waals surface area contributed by atoms with Crippen molar-refractivity contribution in [1.82, 2.24) is 9.97 Å². The number of aromatic nitrogens is 2. The number of benzene rings is 2. The van der Waals surface area contributed by atoms with Gasteiger partial charge in [0.25, 0.3) is 0 Å². The van der Waals surface area contributed by atoms with Gasteiger partial charge in [-0.1, -0.05) is 30.3 Å². The normalized spacial score (nSPS) is 10.8. The summed E-state index contributed by atoms with van der Waals surface area (Å²) in [6, 6.07) is 17.4. The van der Waals surface area contributed by atoms with Crippen molar-refractivity contribution in [2.45, 2.75) is 13.8 Å². The van der Waals surface area contributed by atoms with Crippen LogP contribution < -0.4 is 14.2 Å². The van der Waals surface area contributed by atoms with Crippen LogP contribution in [0.25, 0.3) is 22.2 Å². The number of hydrogen-bond donors (Lipinski definition) is 1. The highest BCUT2D eigenvalue weighted by molar-refractivity contribution is 5.88. The lowest BCUT2D eigenvalue weighted by molar-refractivity contribution is 0.196. The van der Waals surface area contributed by atoms with Crippen molar-refractivity contribution < 1.29 is 19.3 Å². The van der Waals surface area contributed by atoms with Crippen molar-refractivity contribution >= 4 is 10.9 Å². The number of aliphatic hydroxyl groups excluding tert-OH is 1. The first-order valence-electron chi connectivity index (χ1n) is 10.0. The van der Waals surface area contributed by atoms with E-state index in [1.165, 1.54) is 0 Å². The minimum Gasteiger partial charge on any atom is -0.493 e. The van der Waals surface area contributed by atoms with Crippen LogP contribution in [0, 0.1) is 13.8 Å². The summed E-state index contributed by atoms with van der Waals surface area (Å²) in [5.41, 5.74) is 4.47. The topological polar surface area (TPSA) is 73.7 Å². The quantitative estimate of drug-likeness (QED) is 0.453. The zero-order chi connectivity index (χ0) is 21.8. The van der Waals surface area contributed by atoms with Gasteiger partial charge in [-0.15, -0.1) is 0 Å². The molecule has 6 heteroatoms. The summed E-state index contributed by atoms with van der Waals surface area (Å²) in [6.07, 6.45) is 1.69. The van der Waals surface area contributed by atoms with Crippen molar-refractivity contribution in [3.8, 4) is 34.3 Å². The number of pyridine rings is 2. The number of fused-ring (bicyclic) bond motifs is 1. The van der Waals surface area contributed by atoms with E-state index in [1.54, 1.807) is 19.4 Å². The number of methoxy groups -OCH3 is 1. The summed E-state index contributed by atoms with van der Waals surface area (Å²) >= 11 is 0. The maximum absolute atomic E-state index is 9.07. The Bertz CT molecular complexity index is 1210. The molecule has 0 aliphatic heterocycles. The van der Waals surface area contributed by atoms with Gasteiger partial charge in [0.05, 0.1) is 19.2 Å². The predicted octanol–water partition coefficient (Wildman–Crippen LogP) is 5.09. The molecule has 2 heterocycles. The second-order valence-electron chi connectivity index (χ2n) is 7.11. The Hall–Kier alpha value is -3.64. The molecule has 1 N–H and O–H groups in total. The van der Waals surface area contributed by atoms with E-state index in [1.807, 2.05) is 62.4 Å². The largest absolute Gasteiger partial charge is 0.493 e. The standard InChI is InChI=1S/C25H24N2O4/c1-16-13-24(25(27-17(16)2)18-7-5-4-6-8-18)31-21-9-10-26-20-15-23(30-12-11-28)22(29-3)14-19(20)21/h4-10,13-15,28H,11-12H2,1-3H3. The number of rotatable bonds is 7. The molecule has 0 spiro atoms. The molecule has 158 valence electrons. The Labute approximate surface area is 181 Å². The van der Waals surface area contributed by atoms with Gasteiger partial charge in [-0.3, -0.25) is 4.98 Å². The van der Waals surface area contributed by atoms with Crippen LogP contribution in [0.5, 0.6) is 23.0 Å². The molecule has 0 unspecified atom stereocenters. The molecule has 0 atom stereocenters. The van der Waals surface area contributed by atoms with Crippen molar-refractivity contribution in [1.29, 1.82) is 0 Å². The average Bonchev–Trinajstić information content (AvgIpc) is 2.80. The first-order valence-corrected chi connectivity index (χ1v) is 10.0. The van der Waals surface area contributed by atoms with Crippen LogP contribution >= 0.6 is 0 Å². The molecule has 0 aliphatic rings. The first-order chi connectivity index (χ1) is 15.1. The SMILES string of the molecule is COc1cc2c(Oc3cc(C)c(C)nc3-c3ccccc3)ccnc2cc1OCCO. The molecule has 4 rings (SSSR count). The zero-order valence-corrected chi connectivity index (χ0v) is 17.8. The third-order valence-electron chi connectivity index (χ3n) is 5.03. The minimum atomic E-state index is -0.0835. The third kappa shape index (κ3) is 4.29. The molecule has 0 amide bonds. The molecule has 6 nitrogen and oxygen atoms in total. The molecule has 4 aromatic rings. The Morgan fingerprint density at radius 3 is 2.45 bits per heavy atom. The van der Waals surface area contributed by atoms with Crippen LogP contribution in [0.3, 0.4) is 0 Å². The minimum absolute atomic E-state index is 0.0835. The summed E-state index contributed by atoms with van der Waals surface area (Å²) < 4.78 is 17.5. The third-order valence-corrected chi connectivity index (χ3v) is 5.03. The van der Waals surface area contributed by atoms with Gasteiger partial charge in [0.1, 0.15) is 18.1 Å². The molecule has 0 saturated carbocycles. The molecule has 0 bridgehead atoms. The van der Waals surface area contributed by atoms with Crippen LogP contribution in [0.2, 0.25) is 0 Å². The van der Waals surface area contributed by atoms with E-state index in [2.05, 4.69) is 4.98 Å². The van der Waals surface area contributed by atoms with Crippen molar-refractivity contribution in [2.24, 2.45) is 0 Å². The Morgan fingerprint density at radius 2 is 1.71 bits per heavy atom. The van der Waals surface area contributed by atoms with Gasteiger partial charge in [0.2, 0.25) is 0 Å². The van der Waals surface area contributed by atoms with Gasteiger partial charge in [0, 0.05) is 28.9 Å². The molecular formula is C25H24N2O4. The molecule has 31 heavy (non-hydrogen) atoms. The zero-order valence-electron chi connectivity index (χ0n) is 17.8. The van der Waals surface area contributed by atoms with E-state index in [0.717, 1.165) is 27.9 Å². The van der Waals surface area contributed by atoms with Crippen LogP contribution in [0.1, 0.15) is 11.3 Å². The lowest BCUT2D eigenvalue weighted by Gasteiger charge is -2.16. The van der Waals surface area contributed by atoms with E-state index in [4.69, 9.17) is 24.3 Å². The maximum atomic E-state index is 9.07. The summed E-state index contributed by atoms with van der Waals surface area (Å²) in [4.78, 5) is 9.24. The summed E-state index contributed by atoms with van der Waals surface area (Å²) in [6.45, 7) is 4.10. The van der Waals surface area contributed by atoms with Crippen molar-refractivity contribution in [2.75, 3.05) is 20.3 Å². The van der Waals surface area contributed by atoms with Crippen LogP contribution in [0.4, 0.5) is 0 Å². The molecular weight excluding hydrogens is 392 g/mol.